The number of benzene rings is 2. The van der Waals surface area contributed by atoms with Crippen molar-refractivity contribution in [1.29, 1.82) is 5.26 Å². The predicted octanol–water partition coefficient (Wildman–Crippen LogP) is 5.80. The fourth-order valence-corrected chi connectivity index (χ4v) is 3.95. The lowest BCUT2D eigenvalue weighted by Crippen LogP contribution is -1.86. The fourth-order valence-electron chi connectivity index (χ4n) is 2.68. The van der Waals surface area contributed by atoms with Crippen LogP contribution >= 0.6 is 11.3 Å². The molecule has 0 spiro atoms. The Kier molecular flexibility index (Phi) is 4.33. The van der Waals surface area contributed by atoms with Crippen molar-refractivity contribution in [2.24, 2.45) is 0 Å². The second-order valence-electron chi connectivity index (χ2n) is 5.13. The van der Waals surface area contributed by atoms with E-state index in [0.717, 1.165) is 19.3 Å². The number of nitriles is 1. The molecule has 21 heavy (non-hydrogen) atoms. The minimum atomic E-state index is 0.658. The van der Waals surface area contributed by atoms with Crippen LogP contribution in [0.5, 0.6) is 0 Å². The molecule has 0 aliphatic rings. The van der Waals surface area contributed by atoms with Gasteiger partial charge in [-0.1, -0.05) is 48.5 Å². The number of nitrogens with zero attached hydrogens (tertiary/aromatic N) is 1. The number of hydrogen-bond acceptors (Lipinski definition) is 2. The smallest absolute Gasteiger partial charge is 0.0621 e. The monoisotopic (exact) mass is 291 g/mol. The topological polar surface area (TPSA) is 23.8 Å². The van der Waals surface area contributed by atoms with Gasteiger partial charge in [0, 0.05) is 26.9 Å². The highest BCUT2D eigenvalue weighted by molar-refractivity contribution is 7.19. The van der Waals surface area contributed by atoms with Crippen LogP contribution in [0.2, 0.25) is 0 Å². The molecule has 1 aromatic heterocycles. The van der Waals surface area contributed by atoms with Gasteiger partial charge in [-0.3, -0.25) is 0 Å². The summed E-state index contributed by atoms with van der Waals surface area (Å²) in [6, 6.07) is 21.5. The van der Waals surface area contributed by atoms with E-state index in [-0.39, 0.29) is 0 Å². The van der Waals surface area contributed by atoms with E-state index in [4.69, 9.17) is 5.26 Å². The summed E-state index contributed by atoms with van der Waals surface area (Å²) in [5.74, 6) is 0. The highest BCUT2D eigenvalue weighted by atomic mass is 32.1. The van der Waals surface area contributed by atoms with Crippen molar-refractivity contribution in [2.75, 3.05) is 0 Å². The largest absolute Gasteiger partial charge is 0.198 e. The van der Waals surface area contributed by atoms with Crippen LogP contribution in [0.3, 0.4) is 0 Å². The van der Waals surface area contributed by atoms with Crippen molar-refractivity contribution in [1.82, 2.24) is 0 Å². The van der Waals surface area contributed by atoms with E-state index in [1.807, 2.05) is 11.3 Å². The molecular weight excluding hydrogens is 274 g/mol. The average molecular weight is 291 g/mol. The van der Waals surface area contributed by atoms with E-state index in [0.29, 0.717) is 6.42 Å². The molecule has 0 saturated carbocycles. The van der Waals surface area contributed by atoms with Crippen molar-refractivity contribution in [3.63, 3.8) is 0 Å². The maximum absolute atomic E-state index is 8.66. The van der Waals surface area contributed by atoms with E-state index in [9.17, 15) is 0 Å². The molecule has 2 aromatic carbocycles. The summed E-state index contributed by atoms with van der Waals surface area (Å²) < 4.78 is 1.35. The van der Waals surface area contributed by atoms with Crippen molar-refractivity contribution < 1.29 is 0 Å². The summed E-state index contributed by atoms with van der Waals surface area (Å²) in [6.45, 7) is 0. The molecule has 3 aromatic rings. The summed E-state index contributed by atoms with van der Waals surface area (Å²) in [6.07, 6.45) is 3.79. The Bertz CT molecular complexity index is 765. The molecule has 0 unspecified atom stereocenters. The molecule has 1 nitrogen and oxygen atoms in total. The first-order valence-electron chi connectivity index (χ1n) is 7.33. The Morgan fingerprint density at radius 3 is 2.48 bits per heavy atom. The molecule has 0 aliphatic heterocycles. The van der Waals surface area contributed by atoms with E-state index < -0.39 is 0 Å². The maximum atomic E-state index is 8.66. The van der Waals surface area contributed by atoms with Gasteiger partial charge in [0.15, 0.2) is 0 Å². The Labute approximate surface area is 129 Å². The average Bonchev–Trinajstić information content (AvgIpc) is 2.90. The van der Waals surface area contributed by atoms with Crippen molar-refractivity contribution >= 4 is 21.4 Å². The first kappa shape index (κ1) is 13.9. The van der Waals surface area contributed by atoms with Crippen LogP contribution in [0.25, 0.3) is 21.2 Å². The number of thiophene rings is 1. The van der Waals surface area contributed by atoms with Gasteiger partial charge < -0.3 is 0 Å². The van der Waals surface area contributed by atoms with Crippen LogP contribution < -0.4 is 0 Å². The van der Waals surface area contributed by atoms with Crippen LogP contribution in [-0.2, 0) is 6.42 Å². The Hall–Kier alpha value is -2.11. The zero-order chi connectivity index (χ0) is 14.5. The zero-order valence-electron chi connectivity index (χ0n) is 11.9. The minimum absolute atomic E-state index is 0.658. The normalized spacial score (nSPS) is 10.6. The predicted molar refractivity (Wildman–Crippen MR) is 90.4 cm³/mol. The molecule has 104 valence electrons. The molecule has 0 radical (unpaired) electrons. The summed E-state index contributed by atoms with van der Waals surface area (Å²) in [4.78, 5) is 1.44. The first-order valence-corrected chi connectivity index (χ1v) is 8.14. The molecule has 0 saturated heterocycles. The van der Waals surface area contributed by atoms with Gasteiger partial charge in [0.2, 0.25) is 0 Å². The van der Waals surface area contributed by atoms with Crippen LogP contribution in [-0.4, -0.2) is 0 Å². The van der Waals surface area contributed by atoms with E-state index >= 15 is 0 Å². The van der Waals surface area contributed by atoms with E-state index in [1.54, 1.807) is 0 Å². The lowest BCUT2D eigenvalue weighted by molar-refractivity contribution is 0.760. The molecule has 0 atom stereocenters. The molecule has 0 aliphatic carbocycles. The lowest BCUT2D eigenvalue weighted by atomic mass is 10.00. The molecule has 1 heterocycles. The van der Waals surface area contributed by atoms with Crippen molar-refractivity contribution in [2.45, 2.75) is 25.7 Å². The Balaban J connectivity index is 2.01. The summed E-state index contributed by atoms with van der Waals surface area (Å²) in [5.41, 5.74) is 2.68. The first-order chi connectivity index (χ1) is 10.4. The molecular formula is C19H17NS. The number of aryl methyl sites for hydroxylation is 1. The second-order valence-corrected chi connectivity index (χ2v) is 6.26. The fraction of sp³-hybridized carbons (Fsp3) is 0.211. The second kappa shape index (κ2) is 6.56. The standard InChI is InChI=1S/C19H17NS/c20-14-8-2-5-13-18-19(15-9-3-1-4-10-15)16-11-6-7-12-17(16)21-18/h1,3-4,6-7,9-12H,2,5,8,13H2. The molecule has 0 amide bonds. The maximum Gasteiger partial charge on any atom is 0.0621 e. The quantitative estimate of drug-likeness (QED) is 0.545. The zero-order valence-corrected chi connectivity index (χ0v) is 12.7. The van der Waals surface area contributed by atoms with E-state index in [1.165, 1.54) is 26.1 Å². The highest BCUT2D eigenvalue weighted by Gasteiger charge is 2.13. The van der Waals surface area contributed by atoms with Gasteiger partial charge in [-0.05, 0) is 30.9 Å². The van der Waals surface area contributed by atoms with Gasteiger partial charge in [-0.25, -0.2) is 0 Å². The third kappa shape index (κ3) is 2.99. The third-order valence-corrected chi connectivity index (χ3v) is 4.90. The number of unbranched alkanes of at least 4 members (excludes halogenated alkanes) is 2. The van der Waals surface area contributed by atoms with E-state index in [2.05, 4.69) is 60.7 Å². The number of rotatable bonds is 5. The lowest BCUT2D eigenvalue weighted by Gasteiger charge is -2.05. The SMILES string of the molecule is N#CCCCCc1sc2ccccc2c1-c1ccccc1. The van der Waals surface area contributed by atoms with Crippen LogP contribution in [0.4, 0.5) is 0 Å². The van der Waals surface area contributed by atoms with Gasteiger partial charge in [-0.2, -0.15) is 5.26 Å². The highest BCUT2D eigenvalue weighted by Crippen LogP contribution is 2.39. The summed E-state index contributed by atoms with van der Waals surface area (Å²) in [7, 11) is 0. The van der Waals surface area contributed by atoms with Crippen molar-refractivity contribution in [3.8, 4) is 17.2 Å². The van der Waals surface area contributed by atoms with Gasteiger partial charge in [0.25, 0.3) is 0 Å². The van der Waals surface area contributed by atoms with Crippen molar-refractivity contribution in [3.05, 3.63) is 59.5 Å². The third-order valence-electron chi connectivity index (χ3n) is 3.67. The minimum Gasteiger partial charge on any atom is -0.198 e. The summed E-state index contributed by atoms with van der Waals surface area (Å²) in [5, 5.41) is 10.0. The van der Waals surface area contributed by atoms with Gasteiger partial charge in [-0.15, -0.1) is 11.3 Å². The molecule has 3 rings (SSSR count). The number of hydrogen-bond donors (Lipinski definition) is 0. The van der Waals surface area contributed by atoms with Gasteiger partial charge in [0.05, 0.1) is 6.07 Å². The molecule has 0 bridgehead atoms. The Morgan fingerprint density at radius 2 is 1.67 bits per heavy atom. The number of fused-ring (bicyclic) bond motifs is 1. The summed E-state index contributed by atoms with van der Waals surface area (Å²) >= 11 is 1.89. The van der Waals surface area contributed by atoms with Crippen LogP contribution in [0.15, 0.2) is 54.6 Å². The van der Waals surface area contributed by atoms with Gasteiger partial charge in [0.1, 0.15) is 0 Å². The Morgan fingerprint density at radius 1 is 0.905 bits per heavy atom. The molecule has 0 fully saturated rings. The van der Waals surface area contributed by atoms with Gasteiger partial charge >= 0.3 is 0 Å². The molecule has 0 N–H and O–H groups in total. The molecule has 2 heteroatoms. The van der Waals surface area contributed by atoms with Crippen LogP contribution in [0.1, 0.15) is 24.1 Å². The van der Waals surface area contributed by atoms with Crippen LogP contribution in [0, 0.1) is 11.3 Å².